The lowest BCUT2D eigenvalue weighted by molar-refractivity contribution is -0.146. The predicted octanol–water partition coefficient (Wildman–Crippen LogP) is 1.03. The van der Waals surface area contributed by atoms with Gasteiger partial charge in [0.15, 0.2) is 0 Å². The van der Waals surface area contributed by atoms with Crippen LogP contribution in [0.5, 0.6) is 0 Å². The fourth-order valence-corrected chi connectivity index (χ4v) is 1.87. The average Bonchev–Trinajstić information content (AvgIpc) is 2.55. The zero-order valence-electron chi connectivity index (χ0n) is 11.1. The monoisotopic (exact) mass is 257 g/mol. The van der Waals surface area contributed by atoms with E-state index in [9.17, 15) is 14.4 Å². The summed E-state index contributed by atoms with van der Waals surface area (Å²) in [6.45, 7) is 5.22. The number of hydrogen-bond acceptors (Lipinski definition) is 5. The van der Waals surface area contributed by atoms with Gasteiger partial charge in [-0.1, -0.05) is 0 Å². The fraction of sp³-hybridized carbons (Fsp3) is 0.750. The number of carbonyl (C=O) groups excluding carboxylic acids is 3. The standard InChI is InChI=1S/C12H19NO5/c1-12(2,3)18-11(16)13-9-6-7(14)5-8(9)10(15)17-4/h8-9H,5-6H2,1-4H3,(H,13,16)/t8-,9+/m0/s1. The van der Waals surface area contributed by atoms with Gasteiger partial charge in [0.1, 0.15) is 11.4 Å². The minimum atomic E-state index is -0.629. The van der Waals surface area contributed by atoms with Crippen molar-refractivity contribution in [3.63, 3.8) is 0 Å². The van der Waals surface area contributed by atoms with E-state index < -0.39 is 29.6 Å². The van der Waals surface area contributed by atoms with Crippen LogP contribution in [0.3, 0.4) is 0 Å². The van der Waals surface area contributed by atoms with Crippen LogP contribution in [-0.2, 0) is 19.1 Å². The van der Waals surface area contributed by atoms with Gasteiger partial charge in [0.2, 0.25) is 0 Å². The van der Waals surface area contributed by atoms with Crippen LogP contribution in [0.1, 0.15) is 33.6 Å². The Morgan fingerprint density at radius 3 is 2.39 bits per heavy atom. The van der Waals surface area contributed by atoms with Gasteiger partial charge in [-0.3, -0.25) is 9.59 Å². The van der Waals surface area contributed by atoms with Crippen LogP contribution in [0, 0.1) is 5.92 Å². The SMILES string of the molecule is COC(=O)[C@H]1CC(=O)C[C@H]1NC(=O)OC(C)(C)C. The largest absolute Gasteiger partial charge is 0.469 e. The van der Waals surface area contributed by atoms with E-state index in [1.807, 2.05) is 0 Å². The van der Waals surface area contributed by atoms with Crippen molar-refractivity contribution < 1.29 is 23.9 Å². The molecule has 0 spiro atoms. The molecule has 1 N–H and O–H groups in total. The molecule has 0 saturated heterocycles. The summed E-state index contributed by atoms with van der Waals surface area (Å²) in [7, 11) is 1.26. The second kappa shape index (κ2) is 5.37. The number of Topliss-reactive ketones (excluding diaryl/α,β-unsaturated/α-hetero) is 1. The van der Waals surface area contributed by atoms with E-state index >= 15 is 0 Å². The number of ketones is 1. The van der Waals surface area contributed by atoms with Gasteiger partial charge < -0.3 is 14.8 Å². The first-order valence-corrected chi connectivity index (χ1v) is 5.82. The molecule has 0 radical (unpaired) electrons. The molecule has 0 unspecified atom stereocenters. The second-order valence-corrected chi connectivity index (χ2v) is 5.33. The maximum Gasteiger partial charge on any atom is 0.407 e. The van der Waals surface area contributed by atoms with Crippen LogP contribution >= 0.6 is 0 Å². The lowest BCUT2D eigenvalue weighted by Gasteiger charge is -2.23. The quantitative estimate of drug-likeness (QED) is 0.747. The highest BCUT2D eigenvalue weighted by molar-refractivity contribution is 5.90. The van der Waals surface area contributed by atoms with Crippen molar-refractivity contribution in [3.8, 4) is 0 Å². The Morgan fingerprint density at radius 2 is 1.89 bits per heavy atom. The number of hydrogen-bond donors (Lipinski definition) is 1. The van der Waals surface area contributed by atoms with Crippen molar-refractivity contribution >= 4 is 17.8 Å². The first-order chi connectivity index (χ1) is 8.23. The third-order valence-corrected chi connectivity index (χ3v) is 2.59. The highest BCUT2D eigenvalue weighted by Gasteiger charge is 2.40. The van der Waals surface area contributed by atoms with Crippen molar-refractivity contribution in [1.29, 1.82) is 0 Å². The molecule has 0 aromatic carbocycles. The fourth-order valence-electron chi connectivity index (χ4n) is 1.87. The van der Waals surface area contributed by atoms with Gasteiger partial charge in [-0.2, -0.15) is 0 Å². The number of ether oxygens (including phenoxy) is 2. The molecule has 1 amide bonds. The Labute approximate surface area is 106 Å². The van der Waals surface area contributed by atoms with Crippen molar-refractivity contribution in [2.75, 3.05) is 7.11 Å². The molecule has 1 rings (SSSR count). The first-order valence-electron chi connectivity index (χ1n) is 5.82. The summed E-state index contributed by atoms with van der Waals surface area (Å²) in [6.07, 6.45) is -0.386. The number of methoxy groups -OCH3 is 1. The smallest absolute Gasteiger partial charge is 0.407 e. The van der Waals surface area contributed by atoms with Gasteiger partial charge in [0.05, 0.1) is 19.1 Å². The molecule has 1 aliphatic carbocycles. The van der Waals surface area contributed by atoms with Gasteiger partial charge in [-0.15, -0.1) is 0 Å². The molecular formula is C12H19NO5. The normalized spacial score (nSPS) is 23.7. The number of nitrogens with one attached hydrogen (secondary N) is 1. The van der Waals surface area contributed by atoms with Gasteiger partial charge in [-0.25, -0.2) is 4.79 Å². The summed E-state index contributed by atoms with van der Waals surface area (Å²) >= 11 is 0. The Kier molecular flexibility index (Phi) is 4.32. The van der Waals surface area contributed by atoms with Crippen molar-refractivity contribution in [1.82, 2.24) is 5.32 Å². The minimum Gasteiger partial charge on any atom is -0.469 e. The van der Waals surface area contributed by atoms with Crippen LogP contribution in [0.15, 0.2) is 0 Å². The minimum absolute atomic E-state index is 0.0635. The predicted molar refractivity (Wildman–Crippen MR) is 62.9 cm³/mol. The Morgan fingerprint density at radius 1 is 1.28 bits per heavy atom. The van der Waals surface area contributed by atoms with E-state index in [4.69, 9.17) is 4.74 Å². The molecular weight excluding hydrogens is 238 g/mol. The highest BCUT2D eigenvalue weighted by atomic mass is 16.6. The van der Waals surface area contributed by atoms with E-state index in [1.165, 1.54) is 7.11 Å². The van der Waals surface area contributed by atoms with Crippen molar-refractivity contribution in [2.45, 2.75) is 45.3 Å². The molecule has 6 heteroatoms. The van der Waals surface area contributed by atoms with Crippen LogP contribution in [0.4, 0.5) is 4.79 Å². The molecule has 1 saturated carbocycles. The van der Waals surface area contributed by atoms with E-state index in [2.05, 4.69) is 10.1 Å². The Balaban J connectivity index is 2.62. The number of esters is 1. The van der Waals surface area contributed by atoms with Crippen LogP contribution in [0.25, 0.3) is 0 Å². The third-order valence-electron chi connectivity index (χ3n) is 2.59. The van der Waals surface area contributed by atoms with Gasteiger partial charge in [0.25, 0.3) is 0 Å². The number of alkyl carbamates (subject to hydrolysis) is 1. The third kappa shape index (κ3) is 4.01. The molecule has 0 bridgehead atoms. The Bertz CT molecular complexity index is 358. The van der Waals surface area contributed by atoms with Gasteiger partial charge >= 0.3 is 12.1 Å². The van der Waals surface area contributed by atoms with Crippen LogP contribution < -0.4 is 5.32 Å². The molecule has 0 aliphatic heterocycles. The maximum absolute atomic E-state index is 11.6. The molecule has 18 heavy (non-hydrogen) atoms. The summed E-state index contributed by atoms with van der Waals surface area (Å²) in [4.78, 5) is 34.4. The highest BCUT2D eigenvalue weighted by Crippen LogP contribution is 2.24. The van der Waals surface area contributed by atoms with E-state index in [1.54, 1.807) is 20.8 Å². The lowest BCUT2D eigenvalue weighted by atomic mass is 10.0. The van der Waals surface area contributed by atoms with Gasteiger partial charge in [-0.05, 0) is 20.8 Å². The number of rotatable bonds is 2. The summed E-state index contributed by atoms with van der Waals surface area (Å²) in [5.41, 5.74) is -0.618. The van der Waals surface area contributed by atoms with Crippen molar-refractivity contribution in [2.24, 2.45) is 5.92 Å². The molecule has 0 aromatic heterocycles. The molecule has 0 aromatic rings. The van der Waals surface area contributed by atoms with E-state index in [0.717, 1.165) is 0 Å². The maximum atomic E-state index is 11.6. The molecule has 0 heterocycles. The average molecular weight is 257 g/mol. The van der Waals surface area contributed by atoms with Crippen LogP contribution in [0.2, 0.25) is 0 Å². The second-order valence-electron chi connectivity index (χ2n) is 5.33. The van der Waals surface area contributed by atoms with E-state index in [0.29, 0.717) is 0 Å². The topological polar surface area (TPSA) is 81.7 Å². The molecule has 1 aliphatic rings. The number of carbonyl (C=O) groups is 3. The lowest BCUT2D eigenvalue weighted by Crippen LogP contribution is -2.43. The molecule has 2 atom stereocenters. The Hall–Kier alpha value is -1.59. The molecule has 1 fully saturated rings. The van der Waals surface area contributed by atoms with Gasteiger partial charge in [0, 0.05) is 12.8 Å². The first kappa shape index (κ1) is 14.5. The van der Waals surface area contributed by atoms with Crippen LogP contribution in [-0.4, -0.2) is 36.6 Å². The molecule has 6 nitrogen and oxygen atoms in total. The summed E-state index contributed by atoms with van der Waals surface area (Å²) in [5, 5.41) is 2.55. The zero-order valence-corrected chi connectivity index (χ0v) is 11.1. The summed E-state index contributed by atoms with van der Waals surface area (Å²) in [6, 6.07) is -0.542. The van der Waals surface area contributed by atoms with Crippen molar-refractivity contribution in [3.05, 3.63) is 0 Å². The zero-order chi connectivity index (χ0) is 13.9. The molecule has 102 valence electrons. The summed E-state index contributed by atoms with van der Waals surface area (Å²) in [5.74, 6) is -1.16. The van der Waals surface area contributed by atoms with E-state index in [-0.39, 0.29) is 18.6 Å². The summed E-state index contributed by atoms with van der Waals surface area (Å²) < 4.78 is 9.70. The number of amides is 1.